The lowest BCUT2D eigenvalue weighted by Crippen LogP contribution is -2.15. The Kier molecular flexibility index (Phi) is 9.54. The number of hydrogen-bond acceptors (Lipinski definition) is 4. The van der Waals surface area contributed by atoms with E-state index in [1.165, 1.54) is 54.6 Å². The molecular weight excluding hydrogens is 829 g/mol. The van der Waals surface area contributed by atoms with Crippen LogP contribution in [-0.2, 0) is 10.8 Å². The zero-order chi connectivity index (χ0) is 46.6. The lowest BCUT2D eigenvalue weighted by molar-refractivity contribution is 0.500. The van der Waals surface area contributed by atoms with Crippen LogP contribution in [0, 0.1) is 13.8 Å². The molecule has 0 amide bonds. The minimum Gasteiger partial charge on any atom is -0.454 e. The second-order valence-corrected chi connectivity index (χ2v) is 20.3. The number of nitrogens with zero attached hydrogens (tertiary/aromatic N) is 2. The van der Waals surface area contributed by atoms with Crippen LogP contribution in [0.4, 0.5) is 34.1 Å². The highest BCUT2D eigenvalue weighted by Gasteiger charge is 2.29. The summed E-state index contributed by atoms with van der Waals surface area (Å²) in [7, 11) is 0. The highest BCUT2D eigenvalue weighted by Crippen LogP contribution is 2.51. The van der Waals surface area contributed by atoms with Crippen molar-refractivity contribution in [2.24, 2.45) is 0 Å². The van der Waals surface area contributed by atoms with E-state index in [4.69, 9.17) is 8.83 Å². The average Bonchev–Trinajstić information content (AvgIpc) is 3.95. The molecule has 12 aromatic rings. The van der Waals surface area contributed by atoms with Gasteiger partial charge in [-0.05, 0) is 108 Å². The Hall–Kier alpha value is -7.56. The van der Waals surface area contributed by atoms with Gasteiger partial charge in [0.05, 0.1) is 22.7 Å². The molecule has 0 radical (unpaired) electrons. The fourth-order valence-corrected chi connectivity index (χ4v) is 10.8. The predicted molar refractivity (Wildman–Crippen MR) is 290 cm³/mol. The number of furan rings is 2. The van der Waals surface area contributed by atoms with Crippen LogP contribution < -0.4 is 9.80 Å². The summed E-state index contributed by atoms with van der Waals surface area (Å²) in [6.07, 6.45) is 2.01. The number of rotatable bonds is 10. The van der Waals surface area contributed by atoms with Gasteiger partial charge in [-0.1, -0.05) is 174 Å². The van der Waals surface area contributed by atoms with Crippen LogP contribution in [0.25, 0.3) is 76.2 Å². The van der Waals surface area contributed by atoms with Crippen molar-refractivity contribution in [3.05, 3.63) is 192 Å². The third kappa shape index (κ3) is 6.34. The van der Waals surface area contributed by atoms with Gasteiger partial charge >= 0.3 is 0 Å². The fraction of sp³-hybridized carbons (Fsp3) is 0.188. The first-order valence-electron chi connectivity index (χ1n) is 24.3. The van der Waals surface area contributed by atoms with Crippen LogP contribution in [0.3, 0.4) is 0 Å². The van der Waals surface area contributed by atoms with Gasteiger partial charge < -0.3 is 18.6 Å². The van der Waals surface area contributed by atoms with Crippen LogP contribution in [0.5, 0.6) is 0 Å². The van der Waals surface area contributed by atoms with Crippen molar-refractivity contribution in [3.63, 3.8) is 0 Å². The zero-order valence-electron chi connectivity index (χ0n) is 40.3. The summed E-state index contributed by atoms with van der Waals surface area (Å²) >= 11 is 0. The summed E-state index contributed by atoms with van der Waals surface area (Å²) in [6, 6.07) is 62.7. The predicted octanol–water partition coefficient (Wildman–Crippen LogP) is 19.3. The van der Waals surface area contributed by atoms with Crippen molar-refractivity contribution < 1.29 is 8.83 Å². The molecule has 0 N–H and O–H groups in total. The van der Waals surface area contributed by atoms with E-state index in [1.54, 1.807) is 0 Å². The van der Waals surface area contributed by atoms with E-state index in [1.807, 2.05) is 0 Å². The van der Waals surface area contributed by atoms with Crippen LogP contribution in [-0.4, -0.2) is 0 Å². The number of aryl methyl sites for hydroxylation is 2. The van der Waals surface area contributed by atoms with Gasteiger partial charge in [-0.3, -0.25) is 0 Å². The van der Waals surface area contributed by atoms with E-state index in [0.29, 0.717) is 0 Å². The molecule has 334 valence electrons. The number of fused-ring (bicyclic) bond motifs is 6. The minimum absolute atomic E-state index is 0.0435. The van der Waals surface area contributed by atoms with Crippen LogP contribution in [0.2, 0.25) is 0 Å². The maximum Gasteiger partial charge on any atom is 0.159 e. The smallest absolute Gasteiger partial charge is 0.159 e. The Balaban J connectivity index is 1.11. The first kappa shape index (κ1) is 41.8. The lowest BCUT2D eigenvalue weighted by Gasteiger charge is -2.29. The van der Waals surface area contributed by atoms with E-state index >= 15 is 0 Å². The third-order valence-electron chi connectivity index (χ3n) is 15.4. The van der Waals surface area contributed by atoms with E-state index in [-0.39, 0.29) is 10.8 Å². The molecule has 4 heteroatoms. The normalized spacial score (nSPS) is 12.5. The molecule has 10 aromatic carbocycles. The SMILES string of the molecule is CCC(C)(C)c1cccc2c1oc1c(N(c3ccc(C)cc3)c3ccc4ccc5c(N(c6ccc(C)cc6)c6cccc7c6oc6c(C(C)(C)CC)cccc67)ccc6ccc3c4c65)cccc12. The quantitative estimate of drug-likeness (QED) is 0.128. The van der Waals surface area contributed by atoms with E-state index < -0.39 is 0 Å². The van der Waals surface area contributed by atoms with Crippen molar-refractivity contribution in [2.75, 3.05) is 9.80 Å². The Morgan fingerprint density at radius 3 is 1.09 bits per heavy atom. The largest absolute Gasteiger partial charge is 0.454 e. The van der Waals surface area contributed by atoms with Gasteiger partial charge in [0.1, 0.15) is 11.2 Å². The minimum atomic E-state index is -0.0435. The molecule has 0 aliphatic rings. The van der Waals surface area contributed by atoms with Crippen molar-refractivity contribution in [1.29, 1.82) is 0 Å². The van der Waals surface area contributed by atoms with Crippen LogP contribution in [0.1, 0.15) is 76.6 Å². The van der Waals surface area contributed by atoms with Gasteiger partial charge in [0.25, 0.3) is 0 Å². The first-order chi connectivity index (χ1) is 33.0. The molecule has 68 heavy (non-hydrogen) atoms. The second-order valence-electron chi connectivity index (χ2n) is 20.3. The van der Waals surface area contributed by atoms with E-state index in [9.17, 15) is 0 Å². The maximum absolute atomic E-state index is 7.13. The Labute approximate surface area is 398 Å². The molecule has 0 fully saturated rings. The van der Waals surface area contributed by atoms with Crippen LogP contribution >= 0.6 is 0 Å². The highest BCUT2D eigenvalue weighted by atomic mass is 16.3. The van der Waals surface area contributed by atoms with Crippen molar-refractivity contribution >= 4 is 110 Å². The third-order valence-corrected chi connectivity index (χ3v) is 15.4. The Morgan fingerprint density at radius 2 is 0.706 bits per heavy atom. The summed E-state index contributed by atoms with van der Waals surface area (Å²) in [6.45, 7) is 18.1. The van der Waals surface area contributed by atoms with Gasteiger partial charge in [0.2, 0.25) is 0 Å². The topological polar surface area (TPSA) is 32.8 Å². The van der Waals surface area contributed by atoms with Crippen molar-refractivity contribution in [3.8, 4) is 0 Å². The van der Waals surface area contributed by atoms with E-state index in [0.717, 1.165) is 90.8 Å². The average molecular weight is 885 g/mol. The molecule has 0 atom stereocenters. The molecule has 0 saturated carbocycles. The summed E-state index contributed by atoms with van der Waals surface area (Å²) in [5, 5.41) is 11.7. The van der Waals surface area contributed by atoms with Gasteiger partial charge in [0.15, 0.2) is 11.2 Å². The number of hydrogen-bond donors (Lipinski definition) is 0. The lowest BCUT2D eigenvalue weighted by atomic mass is 9.81. The summed E-state index contributed by atoms with van der Waals surface area (Å²) < 4.78 is 14.3. The molecule has 0 bridgehead atoms. The van der Waals surface area contributed by atoms with Gasteiger partial charge in [-0.15, -0.1) is 0 Å². The molecular formula is C64H56N2O2. The molecule has 0 saturated heterocycles. The Bertz CT molecular complexity index is 3650. The summed E-state index contributed by atoms with van der Waals surface area (Å²) in [5.74, 6) is 0. The summed E-state index contributed by atoms with van der Waals surface area (Å²) in [5.41, 5.74) is 14.9. The molecule has 2 aromatic heterocycles. The van der Waals surface area contributed by atoms with E-state index in [2.05, 4.69) is 235 Å². The van der Waals surface area contributed by atoms with Gasteiger partial charge in [0, 0.05) is 54.8 Å². The standard InChI is InChI=1S/C64H56N2O2/c1-9-63(5,6)51-19-11-15-45-47-17-13-21-55(61(47)67-59(45)51)65(43-31-23-39(3)24-32-43)53-37-29-41-28-36-50-54(38-30-42-27-35-49(53)57(41)58(42)50)66(44-33-25-40(4)26-34-44)56-22-14-18-48-46-16-12-20-52(64(7,8)10-2)60(46)68-62(48)56/h11-38H,9-10H2,1-8H3. The van der Waals surface area contributed by atoms with Crippen molar-refractivity contribution in [1.82, 2.24) is 0 Å². The maximum atomic E-state index is 7.13. The summed E-state index contributed by atoms with van der Waals surface area (Å²) in [4.78, 5) is 4.83. The molecule has 4 nitrogen and oxygen atoms in total. The molecule has 12 rings (SSSR count). The fourth-order valence-electron chi connectivity index (χ4n) is 10.8. The van der Waals surface area contributed by atoms with Gasteiger partial charge in [-0.25, -0.2) is 0 Å². The monoisotopic (exact) mass is 884 g/mol. The molecule has 2 heterocycles. The molecule has 0 aliphatic heterocycles. The van der Waals surface area contributed by atoms with Gasteiger partial charge in [-0.2, -0.15) is 0 Å². The second kappa shape index (κ2) is 15.5. The Morgan fingerprint density at radius 1 is 0.353 bits per heavy atom. The zero-order valence-corrected chi connectivity index (χ0v) is 40.3. The molecule has 0 spiro atoms. The van der Waals surface area contributed by atoms with Crippen molar-refractivity contribution in [2.45, 2.75) is 79.1 Å². The number of benzene rings is 10. The number of para-hydroxylation sites is 4. The molecule has 0 aliphatic carbocycles. The number of anilines is 6. The molecule has 0 unspecified atom stereocenters. The highest BCUT2D eigenvalue weighted by molar-refractivity contribution is 6.29. The first-order valence-corrected chi connectivity index (χ1v) is 24.3. The van der Waals surface area contributed by atoms with Crippen LogP contribution in [0.15, 0.2) is 179 Å².